The van der Waals surface area contributed by atoms with Gasteiger partial charge in [-0.1, -0.05) is 6.07 Å². The molecule has 0 aliphatic heterocycles. The number of carbonyl (C=O) groups excluding carboxylic acids is 1. The van der Waals surface area contributed by atoms with E-state index in [0.29, 0.717) is 12.8 Å². The number of rotatable bonds is 3. The topological polar surface area (TPSA) is 46.4 Å². The Kier molecular flexibility index (Phi) is 3.60. The van der Waals surface area contributed by atoms with Crippen LogP contribution in [0.5, 0.6) is 0 Å². The Balaban J connectivity index is 2.10. The Morgan fingerprint density at radius 3 is 2.79 bits per heavy atom. The van der Waals surface area contributed by atoms with Crippen LogP contribution in [-0.2, 0) is 11.2 Å². The molecular formula is C15H21N3O. The lowest BCUT2D eigenvalue weighted by Crippen LogP contribution is -2.40. The first-order valence-electron chi connectivity index (χ1n) is 6.60. The Hall–Kier alpha value is -1.84. The second-order valence-electron chi connectivity index (χ2n) is 5.87. The van der Waals surface area contributed by atoms with Gasteiger partial charge < -0.3 is 9.72 Å². The van der Waals surface area contributed by atoms with Gasteiger partial charge in [-0.05, 0) is 46.2 Å². The van der Waals surface area contributed by atoms with Crippen molar-refractivity contribution >= 4 is 11.6 Å². The lowest BCUT2D eigenvalue weighted by atomic mass is 10.1. The fraction of sp³-hybridized carbons (Fsp3) is 0.467. The minimum atomic E-state index is -0.175. The minimum Gasteiger partial charge on any atom is -0.351 e. The molecule has 2 rings (SSSR count). The average molecular weight is 259 g/mol. The van der Waals surface area contributed by atoms with Crippen molar-refractivity contribution in [2.75, 3.05) is 0 Å². The van der Waals surface area contributed by atoms with Gasteiger partial charge in [0.15, 0.2) is 0 Å². The maximum absolute atomic E-state index is 11.9. The number of aromatic nitrogens is 2. The second-order valence-corrected chi connectivity index (χ2v) is 5.87. The monoisotopic (exact) mass is 259 g/mol. The van der Waals surface area contributed by atoms with E-state index in [9.17, 15) is 4.79 Å². The predicted molar refractivity (Wildman–Crippen MR) is 76.1 cm³/mol. The van der Waals surface area contributed by atoms with E-state index < -0.39 is 0 Å². The molecule has 2 aromatic heterocycles. The second kappa shape index (κ2) is 5.03. The number of nitrogens with zero attached hydrogens (tertiary/aromatic N) is 2. The molecule has 0 spiro atoms. The highest BCUT2D eigenvalue weighted by Crippen LogP contribution is 2.13. The summed E-state index contributed by atoms with van der Waals surface area (Å²) in [6.07, 6.45) is 3.19. The third-order valence-electron chi connectivity index (χ3n) is 2.93. The zero-order valence-electron chi connectivity index (χ0n) is 12.0. The number of aryl methyl sites for hydroxylation is 2. The van der Waals surface area contributed by atoms with E-state index in [1.165, 1.54) is 0 Å². The largest absolute Gasteiger partial charge is 0.351 e. The number of amides is 1. The van der Waals surface area contributed by atoms with Crippen LogP contribution in [-0.4, -0.2) is 20.8 Å². The molecule has 4 nitrogen and oxygen atoms in total. The molecule has 0 fully saturated rings. The first-order valence-corrected chi connectivity index (χ1v) is 6.60. The van der Waals surface area contributed by atoms with Crippen molar-refractivity contribution in [3.8, 4) is 0 Å². The normalized spacial score (nSPS) is 11.8. The third-order valence-corrected chi connectivity index (χ3v) is 2.93. The van der Waals surface area contributed by atoms with Crippen LogP contribution in [0.4, 0.5) is 0 Å². The lowest BCUT2D eigenvalue weighted by molar-refractivity contribution is -0.122. The van der Waals surface area contributed by atoms with Gasteiger partial charge in [0.1, 0.15) is 5.65 Å². The summed E-state index contributed by atoms with van der Waals surface area (Å²) >= 11 is 0. The van der Waals surface area contributed by atoms with Gasteiger partial charge in [-0.25, -0.2) is 4.98 Å². The van der Waals surface area contributed by atoms with Crippen LogP contribution in [0.25, 0.3) is 5.65 Å². The summed E-state index contributed by atoms with van der Waals surface area (Å²) in [6, 6.07) is 5.93. The number of imidazole rings is 1. The van der Waals surface area contributed by atoms with Crippen LogP contribution in [0.1, 0.15) is 38.6 Å². The molecule has 0 aliphatic rings. The van der Waals surface area contributed by atoms with Gasteiger partial charge in [0, 0.05) is 23.9 Å². The van der Waals surface area contributed by atoms with Crippen LogP contribution in [0, 0.1) is 6.92 Å². The number of nitrogens with one attached hydrogen (secondary N) is 1. The molecule has 2 heterocycles. The molecule has 0 saturated carbocycles. The standard InChI is InChI=1S/C15H21N3O/c1-11-12(8-9-14(19)17-15(2,3)4)18-10-6-5-7-13(18)16-11/h5-7,10H,8-9H2,1-4H3,(H,17,19). The summed E-state index contributed by atoms with van der Waals surface area (Å²) in [6.45, 7) is 7.96. The van der Waals surface area contributed by atoms with Crippen molar-refractivity contribution in [3.63, 3.8) is 0 Å². The fourth-order valence-electron chi connectivity index (χ4n) is 2.18. The summed E-state index contributed by atoms with van der Waals surface area (Å²) in [4.78, 5) is 16.4. The number of fused-ring (bicyclic) bond motifs is 1. The average Bonchev–Trinajstić information content (AvgIpc) is 2.60. The highest BCUT2D eigenvalue weighted by atomic mass is 16.1. The molecule has 0 bridgehead atoms. The summed E-state index contributed by atoms with van der Waals surface area (Å²) < 4.78 is 2.06. The molecule has 102 valence electrons. The van der Waals surface area contributed by atoms with Crippen molar-refractivity contribution in [1.29, 1.82) is 0 Å². The van der Waals surface area contributed by atoms with Crippen molar-refractivity contribution in [2.45, 2.75) is 46.1 Å². The van der Waals surface area contributed by atoms with Gasteiger partial charge in [0.05, 0.1) is 5.69 Å². The predicted octanol–water partition coefficient (Wildman–Crippen LogP) is 2.49. The van der Waals surface area contributed by atoms with Crippen LogP contribution in [0.3, 0.4) is 0 Å². The zero-order chi connectivity index (χ0) is 14.0. The van der Waals surface area contributed by atoms with Crippen LogP contribution < -0.4 is 5.32 Å². The van der Waals surface area contributed by atoms with Gasteiger partial charge in [-0.2, -0.15) is 0 Å². The minimum absolute atomic E-state index is 0.0813. The third kappa shape index (κ3) is 3.34. The van der Waals surface area contributed by atoms with Crippen molar-refractivity contribution in [3.05, 3.63) is 35.8 Å². The van der Waals surface area contributed by atoms with E-state index in [0.717, 1.165) is 17.0 Å². The van der Waals surface area contributed by atoms with Gasteiger partial charge >= 0.3 is 0 Å². The Morgan fingerprint density at radius 1 is 1.37 bits per heavy atom. The molecule has 0 saturated heterocycles. The van der Waals surface area contributed by atoms with E-state index in [1.54, 1.807) is 0 Å². The van der Waals surface area contributed by atoms with Gasteiger partial charge in [-0.3, -0.25) is 4.79 Å². The maximum atomic E-state index is 11.9. The molecular weight excluding hydrogens is 238 g/mol. The molecule has 19 heavy (non-hydrogen) atoms. The van der Waals surface area contributed by atoms with E-state index in [1.807, 2.05) is 52.1 Å². The molecule has 0 aromatic carbocycles. The van der Waals surface area contributed by atoms with Crippen LogP contribution in [0.2, 0.25) is 0 Å². The molecule has 0 aliphatic carbocycles. The van der Waals surface area contributed by atoms with Crippen molar-refractivity contribution < 1.29 is 4.79 Å². The van der Waals surface area contributed by atoms with Gasteiger partial charge in [0.2, 0.25) is 5.91 Å². The first kappa shape index (κ1) is 13.6. The fourth-order valence-corrected chi connectivity index (χ4v) is 2.18. The Morgan fingerprint density at radius 2 is 2.11 bits per heavy atom. The first-order chi connectivity index (χ1) is 8.87. The molecule has 0 radical (unpaired) electrons. The molecule has 1 amide bonds. The van der Waals surface area contributed by atoms with Gasteiger partial charge in [-0.15, -0.1) is 0 Å². The van der Waals surface area contributed by atoms with Crippen molar-refractivity contribution in [1.82, 2.24) is 14.7 Å². The number of carbonyl (C=O) groups is 1. The quantitative estimate of drug-likeness (QED) is 0.920. The van der Waals surface area contributed by atoms with Crippen LogP contribution in [0.15, 0.2) is 24.4 Å². The maximum Gasteiger partial charge on any atom is 0.220 e. The Labute approximate surface area is 113 Å². The van der Waals surface area contributed by atoms with E-state index in [2.05, 4.69) is 14.7 Å². The van der Waals surface area contributed by atoms with Gasteiger partial charge in [0.25, 0.3) is 0 Å². The molecule has 0 atom stereocenters. The highest BCUT2D eigenvalue weighted by molar-refractivity contribution is 5.76. The zero-order valence-corrected chi connectivity index (χ0v) is 12.0. The molecule has 2 aromatic rings. The smallest absolute Gasteiger partial charge is 0.220 e. The number of hydrogen-bond acceptors (Lipinski definition) is 2. The molecule has 4 heteroatoms. The molecule has 1 N–H and O–H groups in total. The Bertz CT molecular complexity index is 593. The SMILES string of the molecule is Cc1nc2ccccn2c1CCC(=O)NC(C)(C)C. The van der Waals surface area contributed by atoms with E-state index in [4.69, 9.17) is 0 Å². The van der Waals surface area contributed by atoms with E-state index >= 15 is 0 Å². The number of pyridine rings is 1. The van der Waals surface area contributed by atoms with E-state index in [-0.39, 0.29) is 11.4 Å². The summed E-state index contributed by atoms with van der Waals surface area (Å²) in [5.41, 5.74) is 2.87. The summed E-state index contributed by atoms with van der Waals surface area (Å²) in [7, 11) is 0. The lowest BCUT2D eigenvalue weighted by Gasteiger charge is -2.20. The summed E-state index contributed by atoms with van der Waals surface area (Å²) in [5.74, 6) is 0.0813. The highest BCUT2D eigenvalue weighted by Gasteiger charge is 2.15. The summed E-state index contributed by atoms with van der Waals surface area (Å²) in [5, 5.41) is 2.98. The molecule has 0 unspecified atom stereocenters. The van der Waals surface area contributed by atoms with Crippen molar-refractivity contribution in [2.24, 2.45) is 0 Å². The number of hydrogen-bond donors (Lipinski definition) is 1. The van der Waals surface area contributed by atoms with Crippen LogP contribution >= 0.6 is 0 Å².